The number of nitrogens with one attached hydrogen (secondary N) is 1. The molecule has 2 aromatic rings. The van der Waals surface area contributed by atoms with Crippen LogP contribution < -0.4 is 10.5 Å². The standard InChI is InChI=1S/C13H17N5O3/c1-4-7(2)16-6-5-9-12(19)14-11-10(18(20)21)8(3)15-17(11)13(9)16/h7H,4-6H2,1-3H3,(H,14,19). The van der Waals surface area contributed by atoms with Gasteiger partial charge in [-0.15, -0.1) is 0 Å². The van der Waals surface area contributed by atoms with Crippen LogP contribution in [0.3, 0.4) is 0 Å². The predicted molar refractivity (Wildman–Crippen MR) is 78.0 cm³/mol. The quantitative estimate of drug-likeness (QED) is 0.681. The van der Waals surface area contributed by atoms with Gasteiger partial charge in [-0.1, -0.05) is 6.92 Å². The fourth-order valence-electron chi connectivity index (χ4n) is 2.92. The lowest BCUT2D eigenvalue weighted by atomic mass is 10.2. The summed E-state index contributed by atoms with van der Waals surface area (Å²) in [6.07, 6.45) is 1.56. The molecule has 1 aliphatic rings. The number of fused-ring (bicyclic) bond motifs is 3. The highest BCUT2D eigenvalue weighted by Crippen LogP contribution is 2.31. The maximum Gasteiger partial charge on any atom is 0.334 e. The van der Waals surface area contributed by atoms with Gasteiger partial charge >= 0.3 is 5.69 Å². The van der Waals surface area contributed by atoms with Crippen molar-refractivity contribution in [3.8, 4) is 0 Å². The van der Waals surface area contributed by atoms with E-state index in [1.165, 1.54) is 4.52 Å². The molecule has 1 atom stereocenters. The average molecular weight is 291 g/mol. The van der Waals surface area contributed by atoms with Crippen molar-refractivity contribution in [3.63, 3.8) is 0 Å². The Morgan fingerprint density at radius 2 is 2.24 bits per heavy atom. The summed E-state index contributed by atoms with van der Waals surface area (Å²) in [6.45, 7) is 6.47. The van der Waals surface area contributed by atoms with Gasteiger partial charge in [0.05, 0.1) is 10.5 Å². The zero-order chi connectivity index (χ0) is 15.3. The molecule has 0 fully saturated rings. The fourth-order valence-corrected chi connectivity index (χ4v) is 2.92. The Morgan fingerprint density at radius 1 is 1.52 bits per heavy atom. The molecule has 0 saturated heterocycles. The van der Waals surface area contributed by atoms with Gasteiger partial charge in [0.1, 0.15) is 11.5 Å². The second-order valence-corrected chi connectivity index (χ2v) is 5.41. The Morgan fingerprint density at radius 3 is 2.86 bits per heavy atom. The first kappa shape index (κ1) is 13.6. The first-order chi connectivity index (χ1) is 9.95. The highest BCUT2D eigenvalue weighted by atomic mass is 16.6. The van der Waals surface area contributed by atoms with Crippen molar-refractivity contribution < 1.29 is 4.92 Å². The van der Waals surface area contributed by atoms with Crippen LogP contribution in [0.15, 0.2) is 4.79 Å². The smallest absolute Gasteiger partial charge is 0.334 e. The minimum Gasteiger partial charge on any atom is -0.353 e. The number of aromatic nitrogens is 3. The van der Waals surface area contributed by atoms with Crippen LogP contribution >= 0.6 is 0 Å². The number of anilines is 1. The van der Waals surface area contributed by atoms with E-state index in [2.05, 4.69) is 28.8 Å². The van der Waals surface area contributed by atoms with Gasteiger partial charge in [0, 0.05) is 12.6 Å². The molecule has 3 heterocycles. The molecule has 2 aromatic heterocycles. The highest BCUT2D eigenvalue weighted by molar-refractivity contribution is 5.68. The molecule has 0 aliphatic carbocycles. The van der Waals surface area contributed by atoms with Crippen LogP contribution in [0.25, 0.3) is 5.65 Å². The van der Waals surface area contributed by atoms with E-state index in [4.69, 9.17) is 0 Å². The average Bonchev–Trinajstić information content (AvgIpc) is 2.99. The number of hydrogen-bond acceptors (Lipinski definition) is 5. The van der Waals surface area contributed by atoms with Crippen LogP contribution in [0.4, 0.5) is 11.5 Å². The summed E-state index contributed by atoms with van der Waals surface area (Å²) < 4.78 is 1.52. The lowest BCUT2D eigenvalue weighted by Crippen LogP contribution is -2.32. The van der Waals surface area contributed by atoms with E-state index in [-0.39, 0.29) is 22.9 Å². The Labute approximate surface area is 120 Å². The monoisotopic (exact) mass is 291 g/mol. The zero-order valence-electron chi connectivity index (χ0n) is 12.2. The number of rotatable bonds is 3. The van der Waals surface area contributed by atoms with Crippen LogP contribution in [0.5, 0.6) is 0 Å². The van der Waals surface area contributed by atoms with Crippen LogP contribution in [0, 0.1) is 17.0 Å². The van der Waals surface area contributed by atoms with Crippen molar-refractivity contribution in [2.45, 2.75) is 39.7 Å². The molecule has 8 nitrogen and oxygen atoms in total. The van der Waals surface area contributed by atoms with Crippen molar-refractivity contribution in [2.24, 2.45) is 0 Å². The van der Waals surface area contributed by atoms with E-state index in [9.17, 15) is 14.9 Å². The molecule has 1 unspecified atom stereocenters. The topological polar surface area (TPSA) is 96.5 Å². The minimum absolute atomic E-state index is 0.133. The first-order valence-electron chi connectivity index (χ1n) is 7.01. The minimum atomic E-state index is -0.497. The second kappa shape index (κ2) is 4.57. The molecular formula is C13H17N5O3. The maximum absolute atomic E-state index is 12.2. The van der Waals surface area contributed by atoms with Crippen molar-refractivity contribution >= 4 is 17.2 Å². The van der Waals surface area contributed by atoms with Crippen molar-refractivity contribution in [3.05, 3.63) is 31.7 Å². The van der Waals surface area contributed by atoms with Gasteiger partial charge in [0.2, 0.25) is 5.65 Å². The summed E-state index contributed by atoms with van der Waals surface area (Å²) >= 11 is 0. The third-order valence-electron chi connectivity index (χ3n) is 4.19. The van der Waals surface area contributed by atoms with Crippen molar-refractivity contribution in [1.29, 1.82) is 0 Å². The molecule has 0 spiro atoms. The Kier molecular flexibility index (Phi) is 2.96. The van der Waals surface area contributed by atoms with Crippen molar-refractivity contribution in [1.82, 2.24) is 14.6 Å². The molecule has 112 valence electrons. The van der Waals surface area contributed by atoms with Gasteiger partial charge in [-0.25, -0.2) is 0 Å². The molecular weight excluding hydrogens is 274 g/mol. The van der Waals surface area contributed by atoms with E-state index in [1.807, 2.05) is 0 Å². The molecule has 0 bridgehead atoms. The maximum atomic E-state index is 12.2. The Balaban J connectivity index is 2.36. The third-order valence-corrected chi connectivity index (χ3v) is 4.19. The van der Waals surface area contributed by atoms with Gasteiger partial charge in [0.15, 0.2) is 0 Å². The van der Waals surface area contributed by atoms with Gasteiger partial charge in [-0.2, -0.15) is 9.61 Å². The van der Waals surface area contributed by atoms with Crippen LogP contribution in [-0.2, 0) is 6.42 Å². The van der Waals surface area contributed by atoms with Gasteiger partial charge in [0.25, 0.3) is 5.56 Å². The first-order valence-corrected chi connectivity index (χ1v) is 7.01. The molecule has 0 saturated carbocycles. The highest BCUT2D eigenvalue weighted by Gasteiger charge is 2.32. The molecule has 3 rings (SSSR count). The molecule has 0 amide bonds. The predicted octanol–water partition coefficient (Wildman–Crippen LogP) is 1.40. The summed E-state index contributed by atoms with van der Waals surface area (Å²) in [6, 6.07) is 0.250. The number of nitrogens with zero attached hydrogens (tertiary/aromatic N) is 4. The van der Waals surface area contributed by atoms with Gasteiger partial charge in [-0.3, -0.25) is 14.9 Å². The number of aromatic amines is 1. The fraction of sp³-hybridized carbons (Fsp3) is 0.538. The molecule has 8 heteroatoms. The van der Waals surface area contributed by atoms with E-state index in [0.29, 0.717) is 23.5 Å². The lowest BCUT2D eigenvalue weighted by molar-refractivity contribution is -0.383. The zero-order valence-corrected chi connectivity index (χ0v) is 12.2. The van der Waals surface area contributed by atoms with E-state index < -0.39 is 4.92 Å². The molecule has 0 aromatic carbocycles. The lowest BCUT2D eigenvalue weighted by Gasteiger charge is -2.26. The molecule has 0 radical (unpaired) electrons. The van der Waals surface area contributed by atoms with E-state index >= 15 is 0 Å². The van der Waals surface area contributed by atoms with E-state index in [1.54, 1.807) is 6.92 Å². The number of nitro groups is 1. The Hall–Kier alpha value is -2.38. The number of aryl methyl sites for hydroxylation is 1. The summed E-state index contributed by atoms with van der Waals surface area (Å²) in [5.41, 5.74) is 0.730. The van der Waals surface area contributed by atoms with Crippen molar-refractivity contribution in [2.75, 3.05) is 11.4 Å². The largest absolute Gasteiger partial charge is 0.353 e. The SMILES string of the molecule is CCC(C)N1CCc2c1n1nc(C)c([N+](=O)[O-])c1[nH]c2=O. The third kappa shape index (κ3) is 1.82. The number of hydrogen-bond donors (Lipinski definition) is 1. The van der Waals surface area contributed by atoms with Gasteiger partial charge < -0.3 is 9.88 Å². The summed E-state index contributed by atoms with van der Waals surface area (Å²) in [5, 5.41) is 15.5. The Bertz CT molecular complexity index is 791. The summed E-state index contributed by atoms with van der Waals surface area (Å²) in [7, 11) is 0. The molecule has 1 aliphatic heterocycles. The summed E-state index contributed by atoms with van der Waals surface area (Å²) in [4.78, 5) is 27.6. The normalized spacial score (nSPS) is 15.5. The van der Waals surface area contributed by atoms with Gasteiger partial charge in [-0.05, 0) is 26.7 Å². The van der Waals surface area contributed by atoms with Crippen LogP contribution in [0.1, 0.15) is 31.5 Å². The van der Waals surface area contributed by atoms with Crippen LogP contribution in [0.2, 0.25) is 0 Å². The van der Waals surface area contributed by atoms with Crippen LogP contribution in [-0.4, -0.2) is 32.1 Å². The molecule has 21 heavy (non-hydrogen) atoms. The molecule has 1 N–H and O–H groups in total. The second-order valence-electron chi connectivity index (χ2n) is 5.41. The summed E-state index contributed by atoms with van der Waals surface area (Å²) in [5.74, 6) is 0.694. The van der Waals surface area contributed by atoms with E-state index in [0.717, 1.165) is 13.0 Å². The number of H-pyrrole nitrogens is 1.